The predicted octanol–water partition coefficient (Wildman–Crippen LogP) is 1.07. The molecule has 1 N–H and O–H groups in total. The predicted molar refractivity (Wildman–Crippen MR) is 74.8 cm³/mol. The summed E-state index contributed by atoms with van der Waals surface area (Å²) in [5, 5.41) is 10.6. The van der Waals surface area contributed by atoms with E-state index in [-0.39, 0.29) is 17.7 Å². The zero-order chi connectivity index (χ0) is 14.1. The number of rotatable bonds is 2. The molecule has 0 fully saturated rings. The molecule has 0 radical (unpaired) electrons. The van der Waals surface area contributed by atoms with Crippen molar-refractivity contribution in [3.8, 4) is 6.07 Å². The van der Waals surface area contributed by atoms with Crippen LogP contribution in [0.25, 0.3) is 10.2 Å². The van der Waals surface area contributed by atoms with Gasteiger partial charge in [-0.15, -0.1) is 11.3 Å². The van der Waals surface area contributed by atoms with Crippen LogP contribution >= 0.6 is 11.3 Å². The number of aromatic amines is 1. The van der Waals surface area contributed by atoms with E-state index in [2.05, 4.69) is 9.97 Å². The molecule has 0 saturated heterocycles. The molecule has 0 aliphatic heterocycles. The van der Waals surface area contributed by atoms with Crippen LogP contribution in [0, 0.1) is 11.3 Å². The third-order valence-corrected chi connectivity index (χ3v) is 3.73. The molecule has 3 aromatic rings. The molecule has 3 heterocycles. The number of H-pyrrole nitrogens is 1. The molecule has 98 valence electrons. The van der Waals surface area contributed by atoms with E-state index in [4.69, 9.17) is 5.26 Å². The number of aromatic nitrogens is 3. The van der Waals surface area contributed by atoms with Crippen LogP contribution in [-0.2, 0) is 6.54 Å². The molecule has 0 bridgehead atoms. The molecule has 0 aliphatic carbocycles. The first kappa shape index (κ1) is 12.3. The SMILES string of the molecule is N#Cc1cccn(Cc2nc3ccsc3c(=O)[nH]2)c1=O. The van der Waals surface area contributed by atoms with Gasteiger partial charge in [-0.3, -0.25) is 9.59 Å². The summed E-state index contributed by atoms with van der Waals surface area (Å²) in [5.74, 6) is 0.387. The van der Waals surface area contributed by atoms with E-state index in [9.17, 15) is 9.59 Å². The molecule has 3 rings (SSSR count). The van der Waals surface area contributed by atoms with Gasteiger partial charge in [0.25, 0.3) is 11.1 Å². The summed E-state index contributed by atoms with van der Waals surface area (Å²) in [6, 6.07) is 6.66. The first-order valence-electron chi connectivity index (χ1n) is 5.75. The van der Waals surface area contributed by atoms with Crippen molar-refractivity contribution in [3.05, 3.63) is 61.9 Å². The summed E-state index contributed by atoms with van der Waals surface area (Å²) in [6.45, 7) is 0.120. The number of nitriles is 1. The quantitative estimate of drug-likeness (QED) is 0.761. The van der Waals surface area contributed by atoms with E-state index in [0.29, 0.717) is 16.0 Å². The molecule has 0 unspecified atom stereocenters. The maximum absolute atomic E-state index is 11.9. The summed E-state index contributed by atoms with van der Waals surface area (Å²) in [6.07, 6.45) is 1.56. The van der Waals surface area contributed by atoms with Crippen molar-refractivity contribution < 1.29 is 0 Å². The van der Waals surface area contributed by atoms with Gasteiger partial charge in [-0.2, -0.15) is 5.26 Å². The first-order valence-corrected chi connectivity index (χ1v) is 6.63. The van der Waals surface area contributed by atoms with Gasteiger partial charge >= 0.3 is 0 Å². The minimum absolute atomic E-state index is 0.0615. The highest BCUT2D eigenvalue weighted by molar-refractivity contribution is 7.17. The van der Waals surface area contributed by atoms with Crippen LogP contribution < -0.4 is 11.1 Å². The lowest BCUT2D eigenvalue weighted by atomic mass is 10.3. The van der Waals surface area contributed by atoms with Crippen LogP contribution in [0.15, 0.2) is 39.4 Å². The third-order valence-electron chi connectivity index (χ3n) is 2.82. The van der Waals surface area contributed by atoms with Gasteiger partial charge in [-0.1, -0.05) is 0 Å². The normalized spacial score (nSPS) is 10.6. The summed E-state index contributed by atoms with van der Waals surface area (Å²) in [5.41, 5.74) is 0.0530. The van der Waals surface area contributed by atoms with Crippen molar-refractivity contribution in [2.24, 2.45) is 0 Å². The van der Waals surface area contributed by atoms with Gasteiger partial charge < -0.3 is 9.55 Å². The zero-order valence-electron chi connectivity index (χ0n) is 10.2. The zero-order valence-corrected chi connectivity index (χ0v) is 11.0. The second-order valence-corrected chi connectivity index (χ2v) is 5.03. The van der Waals surface area contributed by atoms with Crippen molar-refractivity contribution in [1.82, 2.24) is 14.5 Å². The van der Waals surface area contributed by atoms with Gasteiger partial charge in [0.1, 0.15) is 22.2 Å². The Bertz CT molecular complexity index is 945. The number of thiophene rings is 1. The van der Waals surface area contributed by atoms with E-state index in [1.54, 1.807) is 23.7 Å². The van der Waals surface area contributed by atoms with E-state index >= 15 is 0 Å². The van der Waals surface area contributed by atoms with Crippen LogP contribution in [0.4, 0.5) is 0 Å². The highest BCUT2D eigenvalue weighted by Gasteiger charge is 2.07. The second kappa shape index (κ2) is 4.75. The van der Waals surface area contributed by atoms with Crippen LogP contribution in [0.2, 0.25) is 0 Å². The fourth-order valence-electron chi connectivity index (χ4n) is 1.90. The average Bonchev–Trinajstić information content (AvgIpc) is 2.90. The van der Waals surface area contributed by atoms with E-state index in [0.717, 1.165) is 0 Å². The molecule has 20 heavy (non-hydrogen) atoms. The lowest BCUT2D eigenvalue weighted by molar-refractivity contribution is 0.714. The van der Waals surface area contributed by atoms with Crippen molar-refractivity contribution in [1.29, 1.82) is 5.26 Å². The van der Waals surface area contributed by atoms with Crippen molar-refractivity contribution in [3.63, 3.8) is 0 Å². The van der Waals surface area contributed by atoms with Crippen molar-refractivity contribution >= 4 is 21.6 Å². The number of nitrogens with zero attached hydrogens (tertiary/aromatic N) is 3. The van der Waals surface area contributed by atoms with Gasteiger partial charge in [0.2, 0.25) is 0 Å². The van der Waals surface area contributed by atoms with Crippen LogP contribution in [-0.4, -0.2) is 14.5 Å². The second-order valence-electron chi connectivity index (χ2n) is 4.11. The molecule has 0 atom stereocenters. The summed E-state index contributed by atoms with van der Waals surface area (Å²) < 4.78 is 1.90. The largest absolute Gasteiger partial charge is 0.308 e. The highest BCUT2D eigenvalue weighted by atomic mass is 32.1. The third kappa shape index (κ3) is 2.02. The van der Waals surface area contributed by atoms with Crippen molar-refractivity contribution in [2.45, 2.75) is 6.54 Å². The Hall–Kier alpha value is -2.72. The Morgan fingerprint density at radius 3 is 3.05 bits per heavy atom. The van der Waals surface area contributed by atoms with Gasteiger partial charge in [-0.25, -0.2) is 4.98 Å². The molecule has 7 heteroatoms. The molecule has 0 aliphatic rings. The Morgan fingerprint density at radius 1 is 1.40 bits per heavy atom. The monoisotopic (exact) mass is 284 g/mol. The van der Waals surface area contributed by atoms with E-state index < -0.39 is 5.56 Å². The smallest absolute Gasteiger partial charge is 0.268 e. The van der Waals surface area contributed by atoms with Gasteiger partial charge in [-0.05, 0) is 23.6 Å². The fourth-order valence-corrected chi connectivity index (χ4v) is 2.63. The Kier molecular flexibility index (Phi) is 2.93. The fraction of sp³-hybridized carbons (Fsp3) is 0.0769. The highest BCUT2D eigenvalue weighted by Crippen LogP contribution is 2.13. The molecular formula is C13H8N4O2S. The number of pyridine rings is 1. The maximum Gasteiger partial charge on any atom is 0.268 e. The van der Waals surface area contributed by atoms with E-state index in [1.807, 2.05) is 6.07 Å². The lowest BCUT2D eigenvalue weighted by Crippen LogP contribution is -2.24. The van der Waals surface area contributed by atoms with Gasteiger partial charge in [0, 0.05) is 6.20 Å². The average molecular weight is 284 g/mol. The molecule has 0 aromatic carbocycles. The minimum atomic E-state index is -0.400. The van der Waals surface area contributed by atoms with Crippen LogP contribution in [0.1, 0.15) is 11.4 Å². The molecule has 3 aromatic heterocycles. The molecule has 0 spiro atoms. The number of nitrogens with one attached hydrogen (secondary N) is 1. The number of hydrogen-bond donors (Lipinski definition) is 1. The molecule has 0 saturated carbocycles. The number of fused-ring (bicyclic) bond motifs is 1. The molecule has 0 amide bonds. The first-order chi connectivity index (χ1) is 9.69. The lowest BCUT2D eigenvalue weighted by Gasteiger charge is -2.05. The summed E-state index contributed by atoms with van der Waals surface area (Å²) in [7, 11) is 0. The Labute approximate surface area is 116 Å². The topological polar surface area (TPSA) is 91.5 Å². The van der Waals surface area contributed by atoms with E-state index in [1.165, 1.54) is 22.0 Å². The van der Waals surface area contributed by atoms with Gasteiger partial charge in [0.15, 0.2) is 0 Å². The van der Waals surface area contributed by atoms with Crippen LogP contribution in [0.5, 0.6) is 0 Å². The standard InChI is InChI=1S/C13H8N4O2S/c14-6-8-2-1-4-17(13(8)19)7-10-15-9-3-5-20-11(9)12(18)16-10/h1-5H,7H2,(H,15,16,18). The Balaban J connectivity index is 2.08. The maximum atomic E-state index is 11.9. The van der Waals surface area contributed by atoms with Gasteiger partial charge in [0.05, 0.1) is 12.1 Å². The van der Waals surface area contributed by atoms with Crippen molar-refractivity contribution in [2.75, 3.05) is 0 Å². The Morgan fingerprint density at radius 2 is 2.25 bits per heavy atom. The number of hydrogen-bond acceptors (Lipinski definition) is 5. The van der Waals surface area contributed by atoms with Crippen LogP contribution in [0.3, 0.4) is 0 Å². The summed E-state index contributed by atoms with van der Waals surface area (Å²) in [4.78, 5) is 30.7. The summed E-state index contributed by atoms with van der Waals surface area (Å²) >= 11 is 1.32. The molecule has 6 nitrogen and oxygen atoms in total. The minimum Gasteiger partial charge on any atom is -0.308 e. The molecular weight excluding hydrogens is 276 g/mol.